The summed E-state index contributed by atoms with van der Waals surface area (Å²) in [5, 5.41) is 11.3. The van der Waals surface area contributed by atoms with E-state index in [1.165, 1.54) is 6.42 Å². The summed E-state index contributed by atoms with van der Waals surface area (Å²) in [6.07, 6.45) is 3.93. The molecule has 0 bridgehead atoms. The molecule has 5 nitrogen and oxygen atoms in total. The van der Waals surface area contributed by atoms with Gasteiger partial charge in [-0.15, -0.1) is 5.10 Å². The molecular formula is C11H17N5S. The molecule has 1 atom stereocenters. The van der Waals surface area contributed by atoms with E-state index >= 15 is 0 Å². The van der Waals surface area contributed by atoms with Crippen LogP contribution in [-0.2, 0) is 0 Å². The highest BCUT2D eigenvalue weighted by Crippen LogP contribution is 2.16. The number of nitrogens with zero attached hydrogens (tertiary/aromatic N) is 3. The molecule has 1 fully saturated rings. The summed E-state index contributed by atoms with van der Waals surface area (Å²) >= 11 is 5.00. The van der Waals surface area contributed by atoms with Crippen molar-refractivity contribution in [2.45, 2.75) is 18.9 Å². The predicted octanol–water partition coefficient (Wildman–Crippen LogP) is 0.617. The molecule has 0 aliphatic carbocycles. The highest BCUT2D eigenvalue weighted by molar-refractivity contribution is 7.80. The van der Waals surface area contributed by atoms with E-state index in [1.54, 1.807) is 12.3 Å². The first-order valence-corrected chi connectivity index (χ1v) is 6.14. The van der Waals surface area contributed by atoms with E-state index in [0.29, 0.717) is 16.8 Å². The second-order valence-corrected chi connectivity index (χ2v) is 4.84. The van der Waals surface area contributed by atoms with Crippen LogP contribution in [0.3, 0.4) is 0 Å². The number of likely N-dealkylation sites (tertiary alicyclic amines) is 1. The molecule has 0 saturated carbocycles. The van der Waals surface area contributed by atoms with Gasteiger partial charge in [-0.2, -0.15) is 5.10 Å². The van der Waals surface area contributed by atoms with Gasteiger partial charge >= 0.3 is 0 Å². The Balaban J connectivity index is 2.10. The van der Waals surface area contributed by atoms with Gasteiger partial charge < -0.3 is 16.0 Å². The summed E-state index contributed by atoms with van der Waals surface area (Å²) in [4.78, 5) is 2.66. The van der Waals surface area contributed by atoms with E-state index in [9.17, 15) is 0 Å². The molecule has 0 spiro atoms. The molecule has 3 N–H and O–H groups in total. The average molecular weight is 251 g/mol. The fourth-order valence-corrected chi connectivity index (χ4v) is 2.28. The highest BCUT2D eigenvalue weighted by atomic mass is 32.1. The van der Waals surface area contributed by atoms with Crippen molar-refractivity contribution in [1.82, 2.24) is 15.1 Å². The lowest BCUT2D eigenvalue weighted by molar-refractivity contribution is 0.260. The van der Waals surface area contributed by atoms with Crippen LogP contribution in [-0.4, -0.2) is 46.3 Å². The first kappa shape index (κ1) is 12.2. The quantitative estimate of drug-likeness (QED) is 0.768. The predicted molar refractivity (Wildman–Crippen MR) is 72.1 cm³/mol. The van der Waals surface area contributed by atoms with Crippen LogP contribution in [0.2, 0.25) is 0 Å². The normalized spacial score (nSPS) is 21.1. The Morgan fingerprint density at radius 2 is 2.47 bits per heavy atom. The van der Waals surface area contributed by atoms with Crippen molar-refractivity contribution in [2.75, 3.05) is 25.5 Å². The van der Waals surface area contributed by atoms with Crippen molar-refractivity contribution in [3.8, 4) is 0 Å². The first-order chi connectivity index (χ1) is 8.16. The SMILES string of the molecule is CN1CCCC(Nc2nnccc2C(N)=S)C1. The lowest BCUT2D eigenvalue weighted by atomic mass is 10.1. The van der Waals surface area contributed by atoms with Gasteiger partial charge in [-0.1, -0.05) is 12.2 Å². The summed E-state index contributed by atoms with van der Waals surface area (Å²) in [5.74, 6) is 0.695. The largest absolute Gasteiger partial charge is 0.389 e. The van der Waals surface area contributed by atoms with E-state index in [1.807, 2.05) is 0 Å². The standard InChI is InChI=1S/C11H17N5S/c1-16-6-2-3-8(7-16)14-11-9(10(12)17)4-5-13-15-11/h4-5,8H,2-3,6-7H2,1H3,(H2,12,17)(H,14,15). The van der Waals surface area contributed by atoms with Crippen LogP contribution in [0.15, 0.2) is 12.3 Å². The third-order valence-corrected chi connectivity index (χ3v) is 3.17. The van der Waals surface area contributed by atoms with Gasteiger partial charge in [-0.05, 0) is 32.5 Å². The number of thiocarbonyl (C=S) groups is 1. The molecule has 2 rings (SSSR count). The van der Waals surface area contributed by atoms with E-state index in [-0.39, 0.29) is 0 Å². The third-order valence-electron chi connectivity index (χ3n) is 2.95. The molecule has 0 amide bonds. The molecule has 1 aromatic heterocycles. The van der Waals surface area contributed by atoms with Gasteiger partial charge in [0.05, 0.1) is 11.8 Å². The van der Waals surface area contributed by atoms with Crippen molar-refractivity contribution < 1.29 is 0 Å². The molecule has 1 unspecified atom stereocenters. The maximum atomic E-state index is 5.66. The molecule has 1 aliphatic rings. The smallest absolute Gasteiger partial charge is 0.159 e. The van der Waals surface area contributed by atoms with E-state index in [0.717, 1.165) is 25.1 Å². The van der Waals surface area contributed by atoms with Crippen molar-refractivity contribution in [2.24, 2.45) is 5.73 Å². The summed E-state index contributed by atoms with van der Waals surface area (Å²) in [5.41, 5.74) is 6.43. The lowest BCUT2D eigenvalue weighted by Gasteiger charge is -2.30. The molecule has 0 radical (unpaired) electrons. The number of rotatable bonds is 3. The lowest BCUT2D eigenvalue weighted by Crippen LogP contribution is -2.40. The monoisotopic (exact) mass is 251 g/mol. The summed E-state index contributed by atoms with van der Waals surface area (Å²) in [6.45, 7) is 2.16. The minimum absolute atomic E-state index is 0.353. The van der Waals surface area contributed by atoms with Crippen LogP contribution in [0.1, 0.15) is 18.4 Å². The second kappa shape index (κ2) is 5.37. The Hall–Kier alpha value is -1.27. The van der Waals surface area contributed by atoms with Crippen LogP contribution in [0.5, 0.6) is 0 Å². The van der Waals surface area contributed by atoms with Gasteiger partial charge in [0.25, 0.3) is 0 Å². The minimum Gasteiger partial charge on any atom is -0.389 e. The van der Waals surface area contributed by atoms with Crippen molar-refractivity contribution >= 4 is 23.0 Å². The molecule has 1 saturated heterocycles. The van der Waals surface area contributed by atoms with Crippen LogP contribution in [0.4, 0.5) is 5.82 Å². The van der Waals surface area contributed by atoms with Crippen LogP contribution >= 0.6 is 12.2 Å². The van der Waals surface area contributed by atoms with Crippen molar-refractivity contribution in [3.63, 3.8) is 0 Å². The number of hydrogen-bond donors (Lipinski definition) is 2. The Bertz CT molecular complexity index is 409. The fourth-order valence-electron chi connectivity index (χ4n) is 2.11. The van der Waals surface area contributed by atoms with Gasteiger partial charge in [0.15, 0.2) is 5.82 Å². The average Bonchev–Trinajstić information content (AvgIpc) is 2.29. The second-order valence-electron chi connectivity index (χ2n) is 4.40. The van der Waals surface area contributed by atoms with Crippen LogP contribution in [0, 0.1) is 0 Å². The maximum absolute atomic E-state index is 5.66. The van der Waals surface area contributed by atoms with Gasteiger partial charge in [0.1, 0.15) is 4.99 Å². The number of hydrogen-bond acceptors (Lipinski definition) is 5. The first-order valence-electron chi connectivity index (χ1n) is 5.73. The van der Waals surface area contributed by atoms with Gasteiger partial charge in [0.2, 0.25) is 0 Å². The molecule has 17 heavy (non-hydrogen) atoms. The summed E-state index contributed by atoms with van der Waals surface area (Å²) in [6, 6.07) is 2.18. The minimum atomic E-state index is 0.353. The zero-order valence-corrected chi connectivity index (χ0v) is 10.7. The van der Waals surface area contributed by atoms with Gasteiger partial charge in [-0.25, -0.2) is 0 Å². The number of aromatic nitrogens is 2. The zero-order chi connectivity index (χ0) is 12.3. The van der Waals surface area contributed by atoms with E-state index in [2.05, 4.69) is 27.5 Å². The highest BCUT2D eigenvalue weighted by Gasteiger charge is 2.18. The molecule has 92 valence electrons. The van der Waals surface area contributed by atoms with Gasteiger partial charge in [0, 0.05) is 12.6 Å². The van der Waals surface area contributed by atoms with Gasteiger partial charge in [-0.3, -0.25) is 0 Å². The maximum Gasteiger partial charge on any atom is 0.159 e. The Kier molecular flexibility index (Phi) is 3.86. The van der Waals surface area contributed by atoms with Crippen molar-refractivity contribution in [1.29, 1.82) is 0 Å². The summed E-state index contributed by atoms with van der Waals surface area (Å²) < 4.78 is 0. The Morgan fingerprint density at radius 3 is 3.18 bits per heavy atom. The zero-order valence-electron chi connectivity index (χ0n) is 9.89. The third kappa shape index (κ3) is 3.10. The number of likely N-dealkylation sites (N-methyl/N-ethyl adjacent to an activating group) is 1. The Labute approximate surface area is 106 Å². The molecule has 6 heteroatoms. The molecule has 0 aromatic carbocycles. The fraction of sp³-hybridized carbons (Fsp3) is 0.545. The van der Waals surface area contributed by atoms with E-state index < -0.39 is 0 Å². The topological polar surface area (TPSA) is 67.1 Å². The molecule has 1 aliphatic heterocycles. The summed E-state index contributed by atoms with van der Waals surface area (Å²) in [7, 11) is 2.12. The molecule has 2 heterocycles. The number of anilines is 1. The number of nitrogens with two attached hydrogens (primary N) is 1. The van der Waals surface area contributed by atoms with E-state index in [4.69, 9.17) is 18.0 Å². The van der Waals surface area contributed by atoms with Crippen molar-refractivity contribution in [3.05, 3.63) is 17.8 Å². The van der Waals surface area contributed by atoms with Crippen LogP contribution < -0.4 is 11.1 Å². The molecular weight excluding hydrogens is 234 g/mol. The Morgan fingerprint density at radius 1 is 1.65 bits per heavy atom. The molecule has 1 aromatic rings. The van der Waals surface area contributed by atoms with Crippen LogP contribution in [0.25, 0.3) is 0 Å². The number of piperidine rings is 1. The number of nitrogens with one attached hydrogen (secondary N) is 1.